The minimum Gasteiger partial charge on any atom is -0.369 e. The van der Waals surface area contributed by atoms with Gasteiger partial charge in [0.05, 0.1) is 18.3 Å². The molecule has 5 atom stereocenters. The zero-order valence-corrected chi connectivity index (χ0v) is 5.56. The molecule has 3 fully saturated rings. The average molecular weight is 142 g/mol. The van der Waals surface area contributed by atoms with Crippen LogP contribution in [0, 0.1) is 5.92 Å². The van der Waals surface area contributed by atoms with E-state index in [1.165, 1.54) is 0 Å². The maximum Gasteiger partial charge on any atom is 0.155 e. The molecule has 0 amide bonds. The summed E-state index contributed by atoms with van der Waals surface area (Å²) in [6, 6.07) is 0. The lowest BCUT2D eigenvalue weighted by molar-refractivity contribution is -0.0943. The van der Waals surface area contributed by atoms with Gasteiger partial charge in [-0.3, -0.25) is 0 Å². The van der Waals surface area contributed by atoms with Gasteiger partial charge in [-0.05, 0) is 0 Å². The number of fused-ring (bicyclic) bond motifs is 3. The molecule has 56 valence electrons. The molecule has 0 aromatic rings. The lowest BCUT2D eigenvalue weighted by Gasteiger charge is -2.08. The molecule has 3 heteroatoms. The van der Waals surface area contributed by atoms with E-state index in [1.54, 1.807) is 0 Å². The fourth-order valence-electron chi connectivity index (χ4n) is 2.27. The monoisotopic (exact) mass is 142 g/mol. The van der Waals surface area contributed by atoms with Gasteiger partial charge >= 0.3 is 0 Å². The molecular weight excluding hydrogens is 132 g/mol. The highest BCUT2D eigenvalue weighted by molar-refractivity contribution is 5.05. The molecule has 2 saturated heterocycles. The van der Waals surface area contributed by atoms with Gasteiger partial charge in [-0.15, -0.1) is 0 Å². The summed E-state index contributed by atoms with van der Waals surface area (Å²) in [6.07, 6.45) is 2.49. The molecule has 3 nitrogen and oxygen atoms in total. The molecule has 0 bridgehead atoms. The molecule has 3 rings (SSSR count). The Morgan fingerprint density at radius 2 is 2.00 bits per heavy atom. The van der Waals surface area contributed by atoms with Crippen molar-refractivity contribution >= 4 is 0 Å². The Bertz CT molecular complexity index is 168. The van der Waals surface area contributed by atoms with E-state index in [9.17, 15) is 0 Å². The summed E-state index contributed by atoms with van der Waals surface area (Å²) in [5.41, 5.74) is 0. The van der Waals surface area contributed by atoms with Crippen LogP contribution >= 0.6 is 0 Å². The molecule has 10 heavy (non-hydrogen) atoms. The molecule has 0 spiro atoms. The van der Waals surface area contributed by atoms with Gasteiger partial charge in [-0.2, -0.15) is 0 Å². The van der Waals surface area contributed by atoms with Crippen LogP contribution in [0.25, 0.3) is 0 Å². The maximum absolute atomic E-state index is 9.09. The molecule has 5 unspecified atom stereocenters. The predicted octanol–water partition coefficient (Wildman–Crippen LogP) is -0.119. The molecule has 1 aliphatic carbocycles. The van der Waals surface area contributed by atoms with E-state index >= 15 is 0 Å². The zero-order valence-electron chi connectivity index (χ0n) is 5.56. The van der Waals surface area contributed by atoms with Gasteiger partial charge in [-0.25, -0.2) is 0 Å². The van der Waals surface area contributed by atoms with Crippen LogP contribution in [0.2, 0.25) is 0 Å². The Hall–Kier alpha value is -0.120. The standard InChI is InChI=1S/C7H10O3/c8-6-1-3-4(9-6)2-5-7(3)10-5/h3-8H,1-2H2. The van der Waals surface area contributed by atoms with Crippen LogP contribution in [0.1, 0.15) is 12.8 Å². The first-order chi connectivity index (χ1) is 4.84. The third-order valence-corrected chi connectivity index (χ3v) is 2.79. The van der Waals surface area contributed by atoms with Gasteiger partial charge in [-0.1, -0.05) is 0 Å². The minimum absolute atomic E-state index is 0.304. The zero-order chi connectivity index (χ0) is 6.72. The van der Waals surface area contributed by atoms with Gasteiger partial charge in [0.1, 0.15) is 0 Å². The first-order valence-electron chi connectivity index (χ1n) is 3.83. The van der Waals surface area contributed by atoms with E-state index < -0.39 is 6.29 Å². The fraction of sp³-hybridized carbons (Fsp3) is 1.00. The van der Waals surface area contributed by atoms with Gasteiger partial charge < -0.3 is 14.6 Å². The van der Waals surface area contributed by atoms with Gasteiger partial charge in [0.25, 0.3) is 0 Å². The highest BCUT2D eigenvalue weighted by Crippen LogP contribution is 2.49. The summed E-state index contributed by atoms with van der Waals surface area (Å²) in [7, 11) is 0. The van der Waals surface area contributed by atoms with Crippen molar-refractivity contribution in [2.75, 3.05) is 0 Å². The van der Waals surface area contributed by atoms with Crippen LogP contribution in [0.5, 0.6) is 0 Å². The lowest BCUT2D eigenvalue weighted by atomic mass is 10.0. The third-order valence-electron chi connectivity index (χ3n) is 2.79. The van der Waals surface area contributed by atoms with E-state index in [4.69, 9.17) is 14.6 Å². The molecule has 0 aromatic heterocycles. The number of rotatable bonds is 0. The van der Waals surface area contributed by atoms with Crippen LogP contribution in [0.3, 0.4) is 0 Å². The van der Waals surface area contributed by atoms with Crippen molar-refractivity contribution in [1.82, 2.24) is 0 Å². The molecule has 1 saturated carbocycles. The summed E-state index contributed by atoms with van der Waals surface area (Å²) >= 11 is 0. The van der Waals surface area contributed by atoms with Crippen molar-refractivity contribution in [3.63, 3.8) is 0 Å². The molecule has 0 radical (unpaired) electrons. The fourth-order valence-corrected chi connectivity index (χ4v) is 2.27. The first kappa shape index (κ1) is 5.52. The van der Waals surface area contributed by atoms with Crippen molar-refractivity contribution < 1.29 is 14.6 Å². The Kier molecular flexibility index (Phi) is 0.854. The highest BCUT2D eigenvalue weighted by atomic mass is 16.6. The molecule has 2 aliphatic heterocycles. The molecule has 2 heterocycles. The Balaban J connectivity index is 1.82. The number of aliphatic hydroxyl groups excluding tert-OH is 1. The van der Waals surface area contributed by atoms with E-state index in [2.05, 4.69) is 0 Å². The van der Waals surface area contributed by atoms with Crippen LogP contribution in [0.15, 0.2) is 0 Å². The second-order valence-corrected chi connectivity index (χ2v) is 3.40. The van der Waals surface area contributed by atoms with Gasteiger partial charge in [0.15, 0.2) is 6.29 Å². The van der Waals surface area contributed by atoms with Crippen molar-refractivity contribution in [2.45, 2.75) is 37.4 Å². The number of aliphatic hydroxyl groups is 1. The number of epoxide rings is 1. The summed E-state index contributed by atoms with van der Waals surface area (Å²) < 4.78 is 10.6. The van der Waals surface area contributed by atoms with Crippen molar-refractivity contribution in [3.05, 3.63) is 0 Å². The molecular formula is C7H10O3. The second-order valence-electron chi connectivity index (χ2n) is 3.40. The van der Waals surface area contributed by atoms with Crippen LogP contribution in [-0.2, 0) is 9.47 Å². The highest BCUT2D eigenvalue weighted by Gasteiger charge is 2.59. The van der Waals surface area contributed by atoms with Crippen LogP contribution < -0.4 is 0 Å². The Morgan fingerprint density at radius 1 is 1.10 bits per heavy atom. The molecule has 3 aliphatic rings. The predicted molar refractivity (Wildman–Crippen MR) is 32.3 cm³/mol. The average Bonchev–Trinajstić information content (AvgIpc) is 2.40. The maximum atomic E-state index is 9.09. The SMILES string of the molecule is OC1CC2C(CC3OC32)O1. The van der Waals surface area contributed by atoms with Crippen LogP contribution in [-0.4, -0.2) is 29.7 Å². The second kappa shape index (κ2) is 1.55. The van der Waals surface area contributed by atoms with Crippen molar-refractivity contribution in [1.29, 1.82) is 0 Å². The summed E-state index contributed by atoms with van der Waals surface area (Å²) in [5.74, 6) is 0.500. The Morgan fingerprint density at radius 3 is 2.80 bits per heavy atom. The van der Waals surface area contributed by atoms with Crippen molar-refractivity contribution in [2.24, 2.45) is 5.92 Å². The van der Waals surface area contributed by atoms with Crippen molar-refractivity contribution in [3.8, 4) is 0 Å². The topological polar surface area (TPSA) is 42.0 Å². The summed E-state index contributed by atoms with van der Waals surface area (Å²) in [6.45, 7) is 0. The number of hydrogen-bond donors (Lipinski definition) is 1. The van der Waals surface area contributed by atoms with E-state index in [0.717, 1.165) is 12.8 Å². The van der Waals surface area contributed by atoms with Crippen LogP contribution in [0.4, 0.5) is 0 Å². The largest absolute Gasteiger partial charge is 0.369 e. The smallest absolute Gasteiger partial charge is 0.155 e. The van der Waals surface area contributed by atoms with E-state index in [1.807, 2.05) is 0 Å². The first-order valence-corrected chi connectivity index (χ1v) is 3.83. The molecule has 0 aromatic carbocycles. The number of ether oxygens (including phenoxy) is 2. The third kappa shape index (κ3) is 0.557. The van der Waals surface area contributed by atoms with Gasteiger partial charge in [0, 0.05) is 18.8 Å². The number of hydrogen-bond acceptors (Lipinski definition) is 3. The van der Waals surface area contributed by atoms with Gasteiger partial charge in [0.2, 0.25) is 0 Å². The van der Waals surface area contributed by atoms with E-state index in [0.29, 0.717) is 24.2 Å². The lowest BCUT2D eigenvalue weighted by Crippen LogP contribution is -2.14. The van der Waals surface area contributed by atoms with E-state index in [-0.39, 0.29) is 0 Å². The summed E-state index contributed by atoms with van der Waals surface area (Å²) in [4.78, 5) is 0. The Labute approximate surface area is 58.9 Å². The quantitative estimate of drug-likeness (QED) is 0.479. The minimum atomic E-state index is -0.514. The normalized spacial score (nSPS) is 63.9. The summed E-state index contributed by atoms with van der Waals surface area (Å²) in [5, 5.41) is 9.09. The molecule has 1 N–H and O–H groups in total.